The molecule has 0 N–H and O–H groups in total. The number of halogens is 1. The lowest BCUT2D eigenvalue weighted by Gasteiger charge is -2.22. The summed E-state index contributed by atoms with van der Waals surface area (Å²) in [6, 6.07) is 7.02. The number of nitrogens with zero attached hydrogens (tertiary/aromatic N) is 1. The van der Waals surface area contributed by atoms with Crippen LogP contribution >= 0.6 is 0 Å². The number of hydrogen-bond acceptors (Lipinski definition) is 1. The van der Waals surface area contributed by atoms with Crippen LogP contribution in [0, 0.1) is 5.82 Å². The molecule has 2 aromatic rings. The molecular weight excluding hydrogens is 218 g/mol. The highest BCUT2D eigenvalue weighted by Crippen LogP contribution is 2.28. The molecule has 1 heterocycles. The second-order valence-electron chi connectivity index (χ2n) is 5.35. The van der Waals surface area contributed by atoms with Crippen LogP contribution in [-0.2, 0) is 12.5 Å². The first-order chi connectivity index (χ1) is 7.82. The summed E-state index contributed by atoms with van der Waals surface area (Å²) in [5.41, 5.74) is 1.21. The quantitative estimate of drug-likeness (QED) is 0.687. The number of fused-ring (bicyclic) bond motifs is 1. The van der Waals surface area contributed by atoms with Crippen LogP contribution in [0.3, 0.4) is 0 Å². The highest BCUT2D eigenvalue weighted by Gasteiger charge is 2.19. The van der Waals surface area contributed by atoms with Gasteiger partial charge in [-0.25, -0.2) is 4.39 Å². The Morgan fingerprint density at radius 2 is 1.88 bits per heavy atom. The summed E-state index contributed by atoms with van der Waals surface area (Å²) in [7, 11) is 1.61. The van der Waals surface area contributed by atoms with Crippen LogP contribution in [0.2, 0.25) is 0 Å². The van der Waals surface area contributed by atoms with Crippen molar-refractivity contribution >= 4 is 10.9 Å². The average Bonchev–Trinajstić information content (AvgIpc) is 2.24. The standard InChI is InChI=1S/C14H16FNO/c1-14(2,3)10-7-5-6-9-8-11(15)13(17)16(4)12(9)10/h5-8H,1-4H3/i13+1. The van der Waals surface area contributed by atoms with Crippen LogP contribution < -0.4 is 5.56 Å². The first-order valence-corrected chi connectivity index (χ1v) is 5.61. The van der Waals surface area contributed by atoms with Gasteiger partial charge in [0.2, 0.25) is 0 Å². The molecule has 0 saturated heterocycles. The molecule has 0 amide bonds. The number of aryl methyl sites for hydroxylation is 1. The smallest absolute Gasteiger partial charge is 0.286 e. The molecule has 1 aromatic heterocycles. The highest BCUT2D eigenvalue weighted by atomic mass is 19.1. The molecule has 90 valence electrons. The number of para-hydroxylation sites is 1. The minimum absolute atomic E-state index is 0.0818. The fraction of sp³-hybridized carbons (Fsp3) is 0.357. The zero-order chi connectivity index (χ0) is 12.8. The van der Waals surface area contributed by atoms with Crippen molar-refractivity contribution in [2.75, 3.05) is 0 Å². The van der Waals surface area contributed by atoms with Gasteiger partial charge in [0.05, 0.1) is 5.52 Å². The maximum absolute atomic E-state index is 13.4. The van der Waals surface area contributed by atoms with E-state index in [4.69, 9.17) is 0 Å². The molecule has 3 heteroatoms. The summed E-state index contributed by atoms with van der Waals surface area (Å²) in [6.07, 6.45) is 0. The van der Waals surface area contributed by atoms with Crippen molar-refractivity contribution in [3.05, 3.63) is 46.0 Å². The van der Waals surface area contributed by atoms with Crippen molar-refractivity contribution in [2.45, 2.75) is 26.2 Å². The lowest BCUT2D eigenvalue weighted by Crippen LogP contribution is -2.23. The molecule has 1 aromatic carbocycles. The van der Waals surface area contributed by atoms with Crippen LogP contribution in [0.15, 0.2) is 29.1 Å². The molecule has 0 radical (unpaired) electrons. The van der Waals surface area contributed by atoms with E-state index in [1.54, 1.807) is 7.05 Å². The molecule has 0 aliphatic heterocycles. The fourth-order valence-electron chi connectivity index (χ4n) is 2.12. The van der Waals surface area contributed by atoms with Crippen LogP contribution in [0.25, 0.3) is 10.9 Å². The summed E-state index contributed by atoms with van der Waals surface area (Å²) in [5, 5.41) is 0.761. The number of aromatic nitrogens is 1. The van der Waals surface area contributed by atoms with E-state index < -0.39 is 11.4 Å². The summed E-state index contributed by atoms with van der Waals surface area (Å²) in [4.78, 5) is 11.6. The highest BCUT2D eigenvalue weighted by molar-refractivity contribution is 5.83. The largest absolute Gasteiger partial charge is 0.309 e. The molecule has 0 saturated carbocycles. The van der Waals surface area contributed by atoms with E-state index in [0.717, 1.165) is 16.5 Å². The Labute approximate surface area is 99.7 Å². The number of benzene rings is 1. The molecule has 2 nitrogen and oxygen atoms in total. The third kappa shape index (κ3) is 1.86. The van der Waals surface area contributed by atoms with Gasteiger partial charge in [0.1, 0.15) is 0 Å². The minimum Gasteiger partial charge on any atom is -0.309 e. The van der Waals surface area contributed by atoms with Crippen molar-refractivity contribution in [3.8, 4) is 0 Å². The first kappa shape index (κ1) is 11.8. The zero-order valence-electron chi connectivity index (χ0n) is 10.5. The Morgan fingerprint density at radius 3 is 2.47 bits per heavy atom. The lowest BCUT2D eigenvalue weighted by atomic mass is 9.85. The van der Waals surface area contributed by atoms with Gasteiger partial charge in [-0.1, -0.05) is 39.0 Å². The molecule has 2 rings (SSSR count). The summed E-state index contributed by atoms with van der Waals surface area (Å²) >= 11 is 0. The molecule has 0 fully saturated rings. The summed E-state index contributed by atoms with van der Waals surface area (Å²) < 4.78 is 14.8. The summed E-state index contributed by atoms with van der Waals surface area (Å²) in [6.45, 7) is 6.24. The van der Waals surface area contributed by atoms with Gasteiger partial charge in [0, 0.05) is 12.4 Å². The van der Waals surface area contributed by atoms with E-state index in [-0.39, 0.29) is 5.41 Å². The van der Waals surface area contributed by atoms with Crippen molar-refractivity contribution < 1.29 is 4.39 Å². The van der Waals surface area contributed by atoms with Gasteiger partial charge < -0.3 is 4.57 Å². The predicted octanol–water partition coefficient (Wildman–Crippen LogP) is 2.98. The summed E-state index contributed by atoms with van der Waals surface area (Å²) in [5.74, 6) is -0.703. The Kier molecular flexibility index (Phi) is 2.57. The Bertz CT molecular complexity index is 635. The van der Waals surface area contributed by atoms with E-state index in [2.05, 4.69) is 20.8 Å². The van der Waals surface area contributed by atoms with E-state index in [1.807, 2.05) is 18.2 Å². The second-order valence-corrected chi connectivity index (χ2v) is 5.35. The molecule has 0 aliphatic rings. The number of rotatable bonds is 0. The average molecular weight is 234 g/mol. The molecule has 0 bridgehead atoms. The van der Waals surface area contributed by atoms with Crippen molar-refractivity contribution in [3.63, 3.8) is 0 Å². The minimum atomic E-state index is -0.703. The predicted molar refractivity (Wildman–Crippen MR) is 67.8 cm³/mol. The van der Waals surface area contributed by atoms with Crippen LogP contribution in [0.4, 0.5) is 4.39 Å². The second kappa shape index (κ2) is 3.69. The van der Waals surface area contributed by atoms with Crippen LogP contribution in [0.1, 0.15) is 26.3 Å². The normalized spacial score (nSPS) is 12.1. The molecular formula is C14H16FNO. The zero-order valence-corrected chi connectivity index (χ0v) is 10.5. The van der Waals surface area contributed by atoms with Crippen molar-refractivity contribution in [2.24, 2.45) is 7.05 Å². The fourth-order valence-corrected chi connectivity index (χ4v) is 2.12. The van der Waals surface area contributed by atoms with Gasteiger partial charge in [-0.05, 0) is 17.0 Å². The van der Waals surface area contributed by atoms with E-state index >= 15 is 0 Å². The maximum Gasteiger partial charge on any atom is 0.286 e. The maximum atomic E-state index is 13.4. The number of hydrogen-bond donors (Lipinski definition) is 0. The van der Waals surface area contributed by atoms with Crippen molar-refractivity contribution in [1.29, 1.82) is 0 Å². The van der Waals surface area contributed by atoms with Gasteiger partial charge in [0.15, 0.2) is 5.82 Å². The van der Waals surface area contributed by atoms with Crippen LogP contribution in [0.5, 0.6) is 0 Å². The van der Waals surface area contributed by atoms with Crippen LogP contribution in [-0.4, -0.2) is 4.57 Å². The van der Waals surface area contributed by atoms with Crippen molar-refractivity contribution in [1.82, 2.24) is 4.57 Å². The van der Waals surface area contributed by atoms with Gasteiger partial charge >= 0.3 is 0 Å². The van der Waals surface area contributed by atoms with E-state index in [0.29, 0.717) is 0 Å². The van der Waals surface area contributed by atoms with E-state index in [1.165, 1.54) is 10.6 Å². The monoisotopic (exact) mass is 234 g/mol. The molecule has 0 atom stereocenters. The van der Waals surface area contributed by atoms with Gasteiger partial charge in [-0.2, -0.15) is 0 Å². The third-order valence-electron chi connectivity index (χ3n) is 3.00. The third-order valence-corrected chi connectivity index (χ3v) is 3.00. The Hall–Kier alpha value is -1.64. The molecule has 17 heavy (non-hydrogen) atoms. The van der Waals surface area contributed by atoms with Gasteiger partial charge in [-0.15, -0.1) is 0 Å². The first-order valence-electron chi connectivity index (χ1n) is 5.61. The topological polar surface area (TPSA) is 22.0 Å². The SMILES string of the molecule is Cn1c2c(C(C)(C)C)cccc2cc(F)[13c]1=O. The molecule has 0 aliphatic carbocycles. The van der Waals surface area contributed by atoms with Gasteiger partial charge in [-0.3, -0.25) is 4.79 Å². The molecule has 0 unspecified atom stereocenters. The van der Waals surface area contributed by atoms with Gasteiger partial charge in [0.25, 0.3) is 5.56 Å². The Balaban J connectivity index is 2.99. The molecule has 0 spiro atoms. The van der Waals surface area contributed by atoms with E-state index in [9.17, 15) is 9.18 Å². The lowest BCUT2D eigenvalue weighted by molar-refractivity contribution is 0.581. The Morgan fingerprint density at radius 1 is 1.24 bits per heavy atom. The number of pyridine rings is 1.